The van der Waals surface area contributed by atoms with Gasteiger partial charge in [0.1, 0.15) is 5.57 Å². The maximum Gasteiger partial charge on any atom is 0.348 e. The lowest BCUT2D eigenvalue weighted by Crippen LogP contribution is -2.44. The topological polar surface area (TPSA) is 71.1 Å². The number of ether oxygens (including phenoxy) is 4. The van der Waals surface area contributed by atoms with Gasteiger partial charge in [-0.05, 0) is 36.6 Å². The Morgan fingerprint density at radius 2 is 1.61 bits per heavy atom. The molecule has 1 aliphatic carbocycles. The SMILES string of the molecule is O=C1OC2(CCCC2)OC(=O)C1=Cc1cc2c(cc1Br)OCO2. The minimum atomic E-state index is -1.06. The van der Waals surface area contributed by atoms with Gasteiger partial charge in [0.15, 0.2) is 11.5 Å². The van der Waals surface area contributed by atoms with E-state index < -0.39 is 17.7 Å². The summed E-state index contributed by atoms with van der Waals surface area (Å²) >= 11 is 3.39. The number of hydrogen-bond donors (Lipinski definition) is 0. The van der Waals surface area contributed by atoms with Crippen molar-refractivity contribution in [2.45, 2.75) is 31.5 Å². The second-order valence-electron chi connectivity index (χ2n) is 5.68. The van der Waals surface area contributed by atoms with Crippen LogP contribution in [0.3, 0.4) is 0 Å². The molecule has 7 heteroatoms. The number of carbonyl (C=O) groups is 2. The van der Waals surface area contributed by atoms with Crippen LogP contribution >= 0.6 is 15.9 Å². The molecule has 0 amide bonds. The van der Waals surface area contributed by atoms with Crippen LogP contribution in [0.5, 0.6) is 11.5 Å². The van der Waals surface area contributed by atoms with Crippen LogP contribution in [0.15, 0.2) is 22.2 Å². The third-order valence-corrected chi connectivity index (χ3v) is 4.84. The van der Waals surface area contributed by atoms with E-state index in [-0.39, 0.29) is 12.4 Å². The van der Waals surface area contributed by atoms with Gasteiger partial charge < -0.3 is 18.9 Å². The summed E-state index contributed by atoms with van der Waals surface area (Å²) in [5, 5.41) is 0. The van der Waals surface area contributed by atoms with Crippen molar-refractivity contribution in [1.29, 1.82) is 0 Å². The summed E-state index contributed by atoms with van der Waals surface area (Å²) in [7, 11) is 0. The lowest BCUT2D eigenvalue weighted by molar-refractivity contribution is -0.232. The average molecular weight is 381 g/mol. The second-order valence-corrected chi connectivity index (χ2v) is 6.54. The molecule has 2 fully saturated rings. The summed E-state index contributed by atoms with van der Waals surface area (Å²) in [6, 6.07) is 3.42. The molecule has 1 saturated heterocycles. The summed E-state index contributed by atoms with van der Waals surface area (Å²) in [6.45, 7) is 0.147. The summed E-state index contributed by atoms with van der Waals surface area (Å²) in [5.41, 5.74) is 0.489. The first kappa shape index (κ1) is 14.6. The number of rotatable bonds is 1. The second kappa shape index (κ2) is 5.26. The van der Waals surface area contributed by atoms with Crippen molar-refractivity contribution in [2.75, 3.05) is 6.79 Å². The van der Waals surface area contributed by atoms with Gasteiger partial charge in [0.05, 0.1) is 0 Å². The van der Waals surface area contributed by atoms with Crippen molar-refractivity contribution in [3.63, 3.8) is 0 Å². The molecule has 2 aliphatic heterocycles. The van der Waals surface area contributed by atoms with Crippen LogP contribution < -0.4 is 9.47 Å². The zero-order chi connectivity index (χ0) is 16.0. The zero-order valence-electron chi connectivity index (χ0n) is 12.1. The highest BCUT2D eigenvalue weighted by Crippen LogP contribution is 2.40. The first-order chi connectivity index (χ1) is 11.1. The van der Waals surface area contributed by atoms with Gasteiger partial charge in [0, 0.05) is 17.3 Å². The molecule has 0 unspecified atom stereocenters. The van der Waals surface area contributed by atoms with Gasteiger partial charge >= 0.3 is 11.9 Å². The van der Waals surface area contributed by atoms with E-state index in [9.17, 15) is 9.59 Å². The van der Waals surface area contributed by atoms with Crippen molar-refractivity contribution in [3.05, 3.63) is 27.7 Å². The molecule has 4 rings (SSSR count). The molecule has 120 valence electrons. The number of fused-ring (bicyclic) bond motifs is 1. The van der Waals surface area contributed by atoms with Crippen LogP contribution in [0.25, 0.3) is 6.08 Å². The smallest absolute Gasteiger partial charge is 0.348 e. The third kappa shape index (κ3) is 2.49. The standard InChI is InChI=1S/C16H13BrO6/c17-11-7-13-12(20-8-21-13)6-9(11)5-10-14(18)22-16(23-15(10)19)3-1-2-4-16/h5-7H,1-4,8H2. The zero-order valence-corrected chi connectivity index (χ0v) is 13.7. The number of halogens is 1. The Bertz CT molecular complexity index is 710. The van der Waals surface area contributed by atoms with E-state index in [1.807, 2.05) is 0 Å². The molecule has 0 aromatic heterocycles. The van der Waals surface area contributed by atoms with Gasteiger partial charge in [0.2, 0.25) is 6.79 Å². The highest BCUT2D eigenvalue weighted by Gasteiger charge is 2.47. The molecule has 0 atom stereocenters. The van der Waals surface area contributed by atoms with Crippen LogP contribution in [0.1, 0.15) is 31.2 Å². The Kier molecular flexibility index (Phi) is 3.33. The molecule has 2 heterocycles. The molecule has 0 bridgehead atoms. The Hall–Kier alpha value is -2.02. The Morgan fingerprint density at radius 1 is 1.00 bits per heavy atom. The Balaban J connectivity index is 1.66. The minimum Gasteiger partial charge on any atom is -0.454 e. The molecule has 1 aromatic rings. The molecule has 0 radical (unpaired) electrons. The van der Waals surface area contributed by atoms with Gasteiger partial charge in [-0.2, -0.15) is 0 Å². The fraction of sp³-hybridized carbons (Fsp3) is 0.375. The van der Waals surface area contributed by atoms with E-state index in [4.69, 9.17) is 18.9 Å². The molecule has 0 N–H and O–H groups in total. The van der Waals surface area contributed by atoms with Gasteiger partial charge in [-0.1, -0.05) is 15.9 Å². The minimum absolute atomic E-state index is 0.123. The highest BCUT2D eigenvalue weighted by molar-refractivity contribution is 9.10. The molecule has 23 heavy (non-hydrogen) atoms. The molecule has 3 aliphatic rings. The quantitative estimate of drug-likeness (QED) is 0.423. The van der Waals surface area contributed by atoms with Gasteiger partial charge in [-0.25, -0.2) is 9.59 Å². The van der Waals surface area contributed by atoms with Crippen LogP contribution in [0, 0.1) is 0 Å². The maximum absolute atomic E-state index is 12.3. The van der Waals surface area contributed by atoms with E-state index in [2.05, 4.69) is 15.9 Å². The van der Waals surface area contributed by atoms with Crippen molar-refractivity contribution >= 4 is 33.9 Å². The summed E-state index contributed by atoms with van der Waals surface area (Å²) in [6.07, 6.45) is 4.33. The predicted octanol–water partition coefficient (Wildman–Crippen LogP) is 2.93. The third-order valence-electron chi connectivity index (χ3n) is 4.15. The van der Waals surface area contributed by atoms with Crippen molar-refractivity contribution in [1.82, 2.24) is 0 Å². The summed E-state index contributed by atoms with van der Waals surface area (Å²) in [5.74, 6) is -1.18. The molecular formula is C16H13BrO6. The molecule has 1 saturated carbocycles. The van der Waals surface area contributed by atoms with E-state index in [1.165, 1.54) is 6.08 Å². The van der Waals surface area contributed by atoms with E-state index in [1.54, 1.807) is 12.1 Å². The van der Waals surface area contributed by atoms with Crippen LogP contribution in [-0.4, -0.2) is 24.5 Å². The molecule has 1 aromatic carbocycles. The van der Waals surface area contributed by atoms with E-state index in [0.29, 0.717) is 34.4 Å². The normalized spacial score (nSPS) is 21.3. The van der Waals surface area contributed by atoms with E-state index >= 15 is 0 Å². The number of carbonyl (C=O) groups excluding carboxylic acids is 2. The largest absolute Gasteiger partial charge is 0.454 e. The Labute approximate surface area is 140 Å². The predicted molar refractivity (Wildman–Crippen MR) is 81.6 cm³/mol. The van der Waals surface area contributed by atoms with Crippen molar-refractivity contribution in [3.8, 4) is 11.5 Å². The summed E-state index contributed by atoms with van der Waals surface area (Å²) < 4.78 is 22.1. The first-order valence-electron chi connectivity index (χ1n) is 7.34. The van der Waals surface area contributed by atoms with Crippen LogP contribution in [-0.2, 0) is 19.1 Å². The average Bonchev–Trinajstić information content (AvgIpc) is 3.12. The lowest BCUT2D eigenvalue weighted by Gasteiger charge is -2.32. The highest BCUT2D eigenvalue weighted by atomic mass is 79.9. The molecule has 6 nitrogen and oxygen atoms in total. The van der Waals surface area contributed by atoms with Gasteiger partial charge in [-0.15, -0.1) is 0 Å². The number of esters is 2. The van der Waals surface area contributed by atoms with Crippen molar-refractivity contribution in [2.24, 2.45) is 0 Å². The Morgan fingerprint density at radius 3 is 2.26 bits per heavy atom. The maximum atomic E-state index is 12.3. The molecular weight excluding hydrogens is 368 g/mol. The number of benzene rings is 1. The fourth-order valence-corrected chi connectivity index (χ4v) is 3.42. The summed E-state index contributed by atoms with van der Waals surface area (Å²) in [4.78, 5) is 24.5. The van der Waals surface area contributed by atoms with Crippen molar-refractivity contribution < 1.29 is 28.5 Å². The van der Waals surface area contributed by atoms with E-state index in [0.717, 1.165) is 12.8 Å². The van der Waals surface area contributed by atoms with Gasteiger partial charge in [0.25, 0.3) is 5.79 Å². The molecule has 1 spiro atoms. The lowest BCUT2D eigenvalue weighted by atomic mass is 10.1. The number of hydrogen-bond acceptors (Lipinski definition) is 6. The first-order valence-corrected chi connectivity index (χ1v) is 8.13. The van der Waals surface area contributed by atoms with Crippen LogP contribution in [0.2, 0.25) is 0 Å². The van der Waals surface area contributed by atoms with Crippen LogP contribution in [0.4, 0.5) is 0 Å². The van der Waals surface area contributed by atoms with Gasteiger partial charge in [-0.3, -0.25) is 0 Å². The fourth-order valence-electron chi connectivity index (χ4n) is 2.99. The monoisotopic (exact) mass is 380 g/mol.